The first-order valence-corrected chi connectivity index (χ1v) is 12.6. The summed E-state index contributed by atoms with van der Waals surface area (Å²) in [4.78, 5) is 65.4. The lowest BCUT2D eigenvalue weighted by Crippen LogP contribution is -2.27. The second-order valence-corrected chi connectivity index (χ2v) is 9.10. The molecule has 0 bridgehead atoms. The second kappa shape index (κ2) is 13.8. The number of rotatable bonds is 7. The smallest absolute Gasteiger partial charge is 0.354 e. The van der Waals surface area contributed by atoms with Gasteiger partial charge in [-0.3, -0.25) is 14.4 Å². The largest absolute Gasteiger partial charge is 0.482 e. The highest BCUT2D eigenvalue weighted by Crippen LogP contribution is 2.28. The number of carboxylic acids is 1. The third kappa shape index (κ3) is 7.48. The summed E-state index contributed by atoms with van der Waals surface area (Å²) < 4.78 is 10.6. The monoisotopic (exact) mass is 606 g/mol. The summed E-state index contributed by atoms with van der Waals surface area (Å²) in [5.74, 6) is -3.83. The minimum atomic E-state index is -1.40. The van der Waals surface area contributed by atoms with Crippen LogP contribution in [0.3, 0.4) is 0 Å². The van der Waals surface area contributed by atoms with Gasteiger partial charge in [0.2, 0.25) is 5.82 Å². The van der Waals surface area contributed by atoms with Gasteiger partial charge in [-0.2, -0.15) is 9.50 Å². The number of primary amides is 1. The van der Waals surface area contributed by atoms with E-state index in [1.165, 1.54) is 7.11 Å². The van der Waals surface area contributed by atoms with Gasteiger partial charge in [-0.05, 0) is 42.3 Å². The quantitative estimate of drug-likeness (QED) is 0.187. The number of nitrogens with one attached hydrogen (secondary N) is 2. The van der Waals surface area contributed by atoms with Crippen molar-refractivity contribution in [1.82, 2.24) is 24.9 Å². The number of carboxylic acid groups (broad SMARTS) is 1. The van der Waals surface area contributed by atoms with E-state index in [9.17, 15) is 29.1 Å². The number of hydrogen-bond acceptors (Lipinski definition) is 11. The molecule has 0 unspecified atom stereocenters. The molecule has 1 atom stereocenters. The predicted octanol–water partition coefficient (Wildman–Crippen LogP) is 1.31. The molecule has 230 valence electrons. The van der Waals surface area contributed by atoms with E-state index in [1.54, 1.807) is 30.3 Å². The zero-order chi connectivity index (χ0) is 31.3. The number of nitrogens with zero attached hydrogens (tertiary/aromatic N) is 4. The molecule has 4 aromatic rings. The van der Waals surface area contributed by atoms with E-state index < -0.39 is 29.3 Å². The maximum Gasteiger partial charge on any atom is 0.354 e. The van der Waals surface area contributed by atoms with Crippen molar-refractivity contribution in [2.24, 2.45) is 11.5 Å². The van der Waals surface area contributed by atoms with Crippen LogP contribution >= 0.6 is 0 Å². The molecule has 0 saturated heterocycles. The Bertz CT molecular complexity index is 1730. The summed E-state index contributed by atoms with van der Waals surface area (Å²) in [6.45, 7) is 1.90. The van der Waals surface area contributed by atoms with Crippen molar-refractivity contribution < 1.29 is 38.6 Å². The average Bonchev–Trinajstić information content (AvgIpc) is 3.44. The van der Waals surface area contributed by atoms with Crippen LogP contribution in [0.2, 0.25) is 0 Å². The van der Waals surface area contributed by atoms with Crippen LogP contribution in [0.15, 0.2) is 48.5 Å². The number of ether oxygens (including phenoxy) is 2. The lowest BCUT2D eigenvalue weighted by molar-refractivity contribution is -0.118. The van der Waals surface area contributed by atoms with Crippen molar-refractivity contribution in [2.45, 2.75) is 26.9 Å². The van der Waals surface area contributed by atoms with E-state index in [2.05, 4.69) is 30.4 Å². The Morgan fingerprint density at radius 1 is 1.14 bits per heavy atom. The first-order chi connectivity index (χ1) is 20.5. The van der Waals surface area contributed by atoms with Gasteiger partial charge in [0.15, 0.2) is 12.3 Å². The third-order valence-corrected chi connectivity index (χ3v) is 5.97. The highest BCUT2D eigenvalue weighted by atomic mass is 16.5. The number of amides is 3. The molecule has 16 heteroatoms. The van der Waals surface area contributed by atoms with E-state index >= 15 is 0 Å². The van der Waals surface area contributed by atoms with Crippen LogP contribution in [0.5, 0.6) is 5.75 Å². The minimum Gasteiger partial charge on any atom is -0.482 e. The molecule has 2 aromatic heterocycles. The lowest BCUT2D eigenvalue weighted by atomic mass is 10.1. The summed E-state index contributed by atoms with van der Waals surface area (Å²) in [7, 11) is 1.36. The van der Waals surface area contributed by atoms with Gasteiger partial charge < -0.3 is 36.7 Å². The van der Waals surface area contributed by atoms with Crippen molar-refractivity contribution in [3.8, 4) is 5.75 Å². The predicted molar refractivity (Wildman–Crippen MR) is 155 cm³/mol. The molecular weight excluding hydrogens is 576 g/mol. The first kappa shape index (κ1) is 32.6. The van der Waals surface area contributed by atoms with Crippen LogP contribution in [-0.2, 0) is 16.1 Å². The molecule has 7 N–H and O–H groups in total. The molecule has 2 aromatic carbocycles. The van der Waals surface area contributed by atoms with Crippen molar-refractivity contribution in [3.63, 3.8) is 0 Å². The topological polar surface area (TPSA) is 243 Å². The molecule has 16 nitrogen and oxygen atoms in total. The molecule has 3 amide bonds. The van der Waals surface area contributed by atoms with Crippen molar-refractivity contribution in [3.05, 3.63) is 82.4 Å². The molecule has 3 heterocycles. The fourth-order valence-corrected chi connectivity index (χ4v) is 3.80. The summed E-state index contributed by atoms with van der Waals surface area (Å²) in [5, 5.41) is 18.3. The summed E-state index contributed by atoms with van der Waals surface area (Å²) in [5.41, 5.74) is 12.8. The lowest BCUT2D eigenvalue weighted by Gasteiger charge is -2.18. The summed E-state index contributed by atoms with van der Waals surface area (Å²) in [6, 6.07) is 13.1. The molecule has 0 aliphatic carbocycles. The van der Waals surface area contributed by atoms with Gasteiger partial charge in [0.1, 0.15) is 11.4 Å². The van der Waals surface area contributed by atoms with Gasteiger partial charge >= 0.3 is 11.9 Å². The van der Waals surface area contributed by atoms with E-state index in [-0.39, 0.29) is 50.0 Å². The van der Waals surface area contributed by atoms with Gasteiger partial charge in [0.05, 0.1) is 18.4 Å². The number of carbonyl (C=O) groups is 5. The standard InChI is InChI=1S/C17H13N7O6.C10H13NO2.CH4/c18-13(26)14-22-17-21-9(4-10(16(28)29)24(17)23-14)15(27)19-5-7-1-2-11-8(3-7)20-12(25)6-30-11;1-7(11)8-3-5-9(6-4-8)10(12)13-2;/h1-4H,5-6H2,(H2,18,26)(H,19,27)(H,20,25)(H,28,29);3-7H,11H2,1-2H3;1H4/t;7-;/m.1./s1. The van der Waals surface area contributed by atoms with Crippen LogP contribution in [-0.4, -0.2) is 68.1 Å². The molecule has 0 fully saturated rings. The molecule has 1 aliphatic heterocycles. The Morgan fingerprint density at radius 3 is 2.45 bits per heavy atom. The molecule has 0 radical (unpaired) electrons. The Morgan fingerprint density at radius 2 is 1.84 bits per heavy atom. The van der Waals surface area contributed by atoms with E-state index in [4.69, 9.17) is 16.2 Å². The minimum absolute atomic E-state index is 0. The number of hydrogen-bond donors (Lipinski definition) is 5. The molecule has 5 rings (SSSR count). The number of anilines is 1. The summed E-state index contributed by atoms with van der Waals surface area (Å²) >= 11 is 0. The highest BCUT2D eigenvalue weighted by molar-refractivity contribution is 5.97. The zero-order valence-electron chi connectivity index (χ0n) is 22.9. The van der Waals surface area contributed by atoms with Gasteiger partial charge in [-0.15, -0.1) is 5.10 Å². The molecule has 0 spiro atoms. The number of aromatic nitrogens is 4. The highest BCUT2D eigenvalue weighted by Gasteiger charge is 2.21. The van der Waals surface area contributed by atoms with Gasteiger partial charge in [0.25, 0.3) is 23.5 Å². The Kier molecular flexibility index (Phi) is 10.3. The number of aromatic carboxylic acids is 1. The number of carbonyl (C=O) groups excluding carboxylic acids is 4. The second-order valence-electron chi connectivity index (χ2n) is 9.10. The van der Waals surface area contributed by atoms with Crippen LogP contribution in [0.25, 0.3) is 5.78 Å². The third-order valence-electron chi connectivity index (χ3n) is 5.97. The number of esters is 1. The number of fused-ring (bicyclic) bond motifs is 2. The number of benzene rings is 2. The first-order valence-electron chi connectivity index (χ1n) is 12.6. The number of nitrogens with two attached hydrogens (primary N) is 2. The van der Waals surface area contributed by atoms with E-state index in [1.807, 2.05) is 19.1 Å². The van der Waals surface area contributed by atoms with Crippen LogP contribution in [0.4, 0.5) is 5.69 Å². The molecule has 1 aliphatic rings. The van der Waals surface area contributed by atoms with Crippen molar-refractivity contribution in [1.29, 1.82) is 0 Å². The molecule has 0 saturated carbocycles. The van der Waals surface area contributed by atoms with Crippen molar-refractivity contribution >= 4 is 41.1 Å². The molecule has 44 heavy (non-hydrogen) atoms. The maximum atomic E-state index is 12.5. The number of methoxy groups -OCH3 is 1. The Labute approximate surface area is 250 Å². The van der Waals surface area contributed by atoms with Gasteiger partial charge in [-0.1, -0.05) is 25.6 Å². The van der Waals surface area contributed by atoms with Crippen molar-refractivity contribution in [2.75, 3.05) is 19.0 Å². The summed E-state index contributed by atoms with van der Waals surface area (Å²) in [6.07, 6.45) is 0. The van der Waals surface area contributed by atoms with Gasteiger partial charge in [-0.25, -0.2) is 14.6 Å². The van der Waals surface area contributed by atoms with E-state index in [0.29, 0.717) is 22.6 Å². The van der Waals surface area contributed by atoms with Crippen LogP contribution in [0.1, 0.15) is 73.5 Å². The Hall–Kier alpha value is -5.90. The SMILES string of the molecule is C.COC(=O)c1ccc([C@@H](C)N)cc1.NC(=O)c1nc2nc(C(=O)NCc3ccc4c(c3)NC(=O)CO4)cc(C(=O)O)n2n1. The van der Waals surface area contributed by atoms with Gasteiger partial charge in [0, 0.05) is 18.7 Å². The van der Waals surface area contributed by atoms with Crippen LogP contribution < -0.4 is 26.8 Å². The molecular formula is C28H30N8O8. The normalized spacial score (nSPS) is 12.2. The average molecular weight is 607 g/mol. The van der Waals surface area contributed by atoms with E-state index in [0.717, 1.165) is 16.1 Å². The fraction of sp³-hybridized carbons (Fsp3) is 0.214. The van der Waals surface area contributed by atoms with Crippen LogP contribution in [0, 0.1) is 0 Å². The zero-order valence-corrected chi connectivity index (χ0v) is 22.9. The Balaban J connectivity index is 0.000000319. The fourth-order valence-electron chi connectivity index (χ4n) is 3.80. The maximum absolute atomic E-state index is 12.5.